The Balaban J connectivity index is 2.00. The SMILES string of the molecule is CC(NC(=O)N1CCSCC1C(=O)O)c1nn[nH]n1. The van der Waals surface area contributed by atoms with Gasteiger partial charge in [0.15, 0.2) is 5.82 Å². The van der Waals surface area contributed by atoms with E-state index in [4.69, 9.17) is 5.11 Å². The summed E-state index contributed by atoms with van der Waals surface area (Å²) in [7, 11) is 0. The number of hydrogen-bond acceptors (Lipinski definition) is 6. The number of H-pyrrole nitrogens is 1. The summed E-state index contributed by atoms with van der Waals surface area (Å²) in [5.74, 6) is 0.494. The molecular weight excluding hydrogens is 272 g/mol. The Bertz CT molecular complexity index is 453. The summed E-state index contributed by atoms with van der Waals surface area (Å²) in [6.45, 7) is 2.11. The third kappa shape index (κ3) is 3.13. The van der Waals surface area contributed by atoms with Gasteiger partial charge in [-0.2, -0.15) is 17.0 Å². The lowest BCUT2D eigenvalue weighted by Crippen LogP contribution is -2.54. The Labute approximate surface area is 113 Å². The molecule has 0 radical (unpaired) electrons. The van der Waals surface area contributed by atoms with E-state index in [1.54, 1.807) is 6.92 Å². The standard InChI is InChI=1S/C9H14N6O3S/c1-5(7-11-13-14-12-7)10-9(18)15-2-3-19-4-6(15)8(16)17/h5-6H,2-4H2,1H3,(H,10,18)(H,16,17)(H,11,12,13,14). The van der Waals surface area contributed by atoms with E-state index in [1.165, 1.54) is 16.7 Å². The van der Waals surface area contributed by atoms with E-state index in [1.807, 2.05) is 0 Å². The summed E-state index contributed by atoms with van der Waals surface area (Å²) in [5, 5.41) is 25.0. The predicted molar refractivity (Wildman–Crippen MR) is 66.6 cm³/mol. The van der Waals surface area contributed by atoms with Gasteiger partial charge in [0.2, 0.25) is 0 Å². The molecule has 2 heterocycles. The average molecular weight is 286 g/mol. The lowest BCUT2D eigenvalue weighted by molar-refractivity contribution is -0.141. The molecular formula is C9H14N6O3S. The minimum atomic E-state index is -0.991. The fourth-order valence-corrected chi connectivity index (χ4v) is 2.78. The van der Waals surface area contributed by atoms with Gasteiger partial charge in [-0.25, -0.2) is 9.59 Å². The highest BCUT2D eigenvalue weighted by Crippen LogP contribution is 2.17. The van der Waals surface area contributed by atoms with Crippen molar-refractivity contribution in [2.75, 3.05) is 18.1 Å². The molecule has 2 rings (SSSR count). The van der Waals surface area contributed by atoms with Crippen LogP contribution in [0.4, 0.5) is 4.79 Å². The van der Waals surface area contributed by atoms with Crippen LogP contribution < -0.4 is 5.32 Å². The van der Waals surface area contributed by atoms with Crippen LogP contribution in [0.2, 0.25) is 0 Å². The van der Waals surface area contributed by atoms with Crippen LogP contribution in [0.5, 0.6) is 0 Å². The van der Waals surface area contributed by atoms with Crippen molar-refractivity contribution in [3.63, 3.8) is 0 Å². The maximum absolute atomic E-state index is 12.1. The molecule has 104 valence electrons. The predicted octanol–water partition coefficient (Wildman–Crippen LogP) is -0.528. The highest BCUT2D eigenvalue weighted by atomic mass is 32.2. The largest absolute Gasteiger partial charge is 0.480 e. The second-order valence-corrected chi connectivity index (χ2v) is 5.21. The number of thioether (sulfide) groups is 1. The third-order valence-electron chi connectivity index (χ3n) is 2.76. The minimum Gasteiger partial charge on any atom is -0.480 e. The number of aliphatic carboxylic acids is 1. The van der Waals surface area contributed by atoms with E-state index in [9.17, 15) is 9.59 Å². The Morgan fingerprint density at radius 2 is 2.42 bits per heavy atom. The molecule has 1 aromatic rings. The van der Waals surface area contributed by atoms with E-state index in [2.05, 4.69) is 25.9 Å². The van der Waals surface area contributed by atoms with E-state index >= 15 is 0 Å². The molecule has 0 aromatic carbocycles. The number of aromatic nitrogens is 4. The van der Waals surface area contributed by atoms with Gasteiger partial charge in [0.1, 0.15) is 6.04 Å². The van der Waals surface area contributed by atoms with Crippen molar-refractivity contribution < 1.29 is 14.7 Å². The van der Waals surface area contributed by atoms with Gasteiger partial charge >= 0.3 is 12.0 Å². The molecule has 0 saturated carbocycles. The molecule has 2 amide bonds. The van der Waals surface area contributed by atoms with Crippen LogP contribution >= 0.6 is 11.8 Å². The van der Waals surface area contributed by atoms with Gasteiger partial charge < -0.3 is 15.3 Å². The molecule has 1 saturated heterocycles. The smallest absolute Gasteiger partial charge is 0.327 e. The topological polar surface area (TPSA) is 124 Å². The Morgan fingerprint density at radius 1 is 1.63 bits per heavy atom. The van der Waals surface area contributed by atoms with E-state index in [0.717, 1.165) is 5.75 Å². The number of rotatable bonds is 3. The number of carboxylic acid groups (broad SMARTS) is 1. The zero-order valence-corrected chi connectivity index (χ0v) is 11.1. The first-order valence-corrected chi connectivity index (χ1v) is 6.86. The summed E-state index contributed by atoms with van der Waals surface area (Å²) in [6.07, 6.45) is 0. The van der Waals surface area contributed by atoms with Crippen molar-refractivity contribution in [2.24, 2.45) is 0 Å². The molecule has 19 heavy (non-hydrogen) atoms. The normalized spacial score (nSPS) is 20.9. The van der Waals surface area contributed by atoms with Gasteiger partial charge in [0, 0.05) is 18.1 Å². The zero-order chi connectivity index (χ0) is 13.8. The van der Waals surface area contributed by atoms with Crippen LogP contribution in [-0.4, -0.2) is 66.7 Å². The monoisotopic (exact) mass is 286 g/mol. The van der Waals surface area contributed by atoms with Crippen LogP contribution in [0.25, 0.3) is 0 Å². The molecule has 1 aliphatic heterocycles. The Kier molecular flexibility index (Phi) is 4.20. The molecule has 1 aliphatic rings. The first kappa shape index (κ1) is 13.6. The number of hydrogen-bond donors (Lipinski definition) is 3. The van der Waals surface area contributed by atoms with Crippen molar-refractivity contribution in [1.82, 2.24) is 30.8 Å². The lowest BCUT2D eigenvalue weighted by Gasteiger charge is -2.33. The zero-order valence-electron chi connectivity index (χ0n) is 10.2. The van der Waals surface area contributed by atoms with Crippen molar-refractivity contribution in [3.8, 4) is 0 Å². The van der Waals surface area contributed by atoms with Gasteiger partial charge in [-0.3, -0.25) is 0 Å². The molecule has 0 aliphatic carbocycles. The molecule has 1 fully saturated rings. The van der Waals surface area contributed by atoms with E-state index in [-0.39, 0.29) is 0 Å². The minimum absolute atomic E-state index is 0.353. The number of amides is 2. The van der Waals surface area contributed by atoms with Gasteiger partial charge in [-0.15, -0.1) is 10.2 Å². The number of urea groups is 1. The molecule has 3 N–H and O–H groups in total. The summed E-state index contributed by atoms with van der Waals surface area (Å²) in [5.41, 5.74) is 0. The van der Waals surface area contributed by atoms with E-state index < -0.39 is 24.1 Å². The van der Waals surface area contributed by atoms with Crippen LogP contribution in [0.1, 0.15) is 18.8 Å². The highest BCUT2D eigenvalue weighted by molar-refractivity contribution is 7.99. The lowest BCUT2D eigenvalue weighted by atomic mass is 10.2. The average Bonchev–Trinajstić information content (AvgIpc) is 2.92. The summed E-state index contributed by atoms with van der Waals surface area (Å²) in [4.78, 5) is 24.5. The summed E-state index contributed by atoms with van der Waals surface area (Å²) in [6, 6.07) is -1.66. The van der Waals surface area contributed by atoms with Gasteiger partial charge in [0.25, 0.3) is 0 Å². The fourth-order valence-electron chi connectivity index (χ4n) is 1.74. The fraction of sp³-hybridized carbons (Fsp3) is 0.667. The van der Waals surface area contributed by atoms with Crippen molar-refractivity contribution in [2.45, 2.75) is 19.0 Å². The van der Waals surface area contributed by atoms with Crippen molar-refractivity contribution in [1.29, 1.82) is 0 Å². The summed E-state index contributed by atoms with van der Waals surface area (Å²) < 4.78 is 0. The number of carboxylic acids is 1. The molecule has 10 heteroatoms. The maximum atomic E-state index is 12.1. The van der Waals surface area contributed by atoms with Crippen molar-refractivity contribution >= 4 is 23.8 Å². The van der Waals surface area contributed by atoms with Crippen LogP contribution in [0.3, 0.4) is 0 Å². The number of nitrogens with zero attached hydrogens (tertiary/aromatic N) is 4. The van der Waals surface area contributed by atoms with Crippen LogP contribution in [-0.2, 0) is 4.79 Å². The molecule has 1 aromatic heterocycles. The third-order valence-corrected chi connectivity index (χ3v) is 3.79. The number of carbonyl (C=O) groups is 2. The first-order chi connectivity index (χ1) is 9.09. The van der Waals surface area contributed by atoms with Crippen LogP contribution in [0.15, 0.2) is 0 Å². The van der Waals surface area contributed by atoms with Gasteiger partial charge in [-0.05, 0) is 6.92 Å². The van der Waals surface area contributed by atoms with Gasteiger partial charge in [0.05, 0.1) is 6.04 Å². The molecule has 9 nitrogen and oxygen atoms in total. The van der Waals surface area contributed by atoms with E-state index in [0.29, 0.717) is 18.1 Å². The second-order valence-electron chi connectivity index (χ2n) is 4.06. The maximum Gasteiger partial charge on any atom is 0.327 e. The molecule has 0 spiro atoms. The first-order valence-electron chi connectivity index (χ1n) is 5.70. The Hall–Kier alpha value is -1.84. The highest BCUT2D eigenvalue weighted by Gasteiger charge is 2.33. The Morgan fingerprint density at radius 3 is 3.05 bits per heavy atom. The quantitative estimate of drug-likeness (QED) is 0.682. The molecule has 2 atom stereocenters. The molecule has 0 bridgehead atoms. The summed E-state index contributed by atoms with van der Waals surface area (Å²) >= 11 is 1.53. The molecule has 2 unspecified atom stereocenters. The number of aromatic amines is 1. The number of nitrogens with one attached hydrogen (secondary N) is 2. The second kappa shape index (κ2) is 5.87. The van der Waals surface area contributed by atoms with Crippen molar-refractivity contribution in [3.05, 3.63) is 5.82 Å². The van der Waals surface area contributed by atoms with Gasteiger partial charge in [-0.1, -0.05) is 5.21 Å². The number of tetrazole rings is 1. The van der Waals surface area contributed by atoms with Crippen LogP contribution in [0, 0.1) is 0 Å². The number of carbonyl (C=O) groups excluding carboxylic acids is 1.